The van der Waals surface area contributed by atoms with Crippen molar-refractivity contribution >= 4 is 11.6 Å². The molecule has 1 amide bonds. The molecule has 1 saturated carbocycles. The lowest BCUT2D eigenvalue weighted by molar-refractivity contribution is -0.111. The molecule has 0 atom stereocenters. The summed E-state index contributed by atoms with van der Waals surface area (Å²) in [5, 5.41) is 2.65. The summed E-state index contributed by atoms with van der Waals surface area (Å²) >= 11 is 0. The van der Waals surface area contributed by atoms with Crippen molar-refractivity contribution in [3.05, 3.63) is 36.2 Å². The van der Waals surface area contributed by atoms with Crippen LogP contribution in [0.1, 0.15) is 32.1 Å². The van der Waals surface area contributed by atoms with E-state index in [0.717, 1.165) is 25.7 Å². The molecule has 0 bridgehead atoms. The van der Waals surface area contributed by atoms with Crippen molar-refractivity contribution in [3.8, 4) is 5.75 Å². The number of benzene rings is 1. The maximum atomic E-state index is 14.1. The number of nitrogens with one attached hydrogen (secondary N) is 1. The maximum Gasteiger partial charge on any atom is 0.248 e. The molecule has 0 heterocycles. The first-order valence-electron chi connectivity index (χ1n) is 8.13. The highest BCUT2D eigenvalue weighted by Crippen LogP contribution is 2.27. The molecule has 23 heavy (non-hydrogen) atoms. The molecular weight excluding hydrogens is 295 g/mol. The first-order valence-corrected chi connectivity index (χ1v) is 8.13. The van der Waals surface area contributed by atoms with Crippen molar-refractivity contribution in [3.63, 3.8) is 0 Å². The van der Waals surface area contributed by atoms with Gasteiger partial charge in [-0.05, 0) is 51.9 Å². The first kappa shape index (κ1) is 17.5. The summed E-state index contributed by atoms with van der Waals surface area (Å²) in [4.78, 5) is 13.7. The Balaban J connectivity index is 1.90. The van der Waals surface area contributed by atoms with Gasteiger partial charge in [-0.1, -0.05) is 12.5 Å². The summed E-state index contributed by atoms with van der Waals surface area (Å²) in [5.41, 5.74) is 0.429. The number of nitrogens with zero attached hydrogens (tertiary/aromatic N) is 1. The van der Waals surface area contributed by atoms with E-state index >= 15 is 0 Å². The van der Waals surface area contributed by atoms with E-state index in [1.54, 1.807) is 18.2 Å². The van der Waals surface area contributed by atoms with E-state index < -0.39 is 5.82 Å². The molecule has 0 aromatic heterocycles. The number of carbonyl (C=O) groups excluding carboxylic acids is 1. The monoisotopic (exact) mass is 320 g/mol. The normalized spacial score (nSPS) is 16.0. The van der Waals surface area contributed by atoms with Gasteiger partial charge in [0, 0.05) is 24.4 Å². The molecular formula is C18H25FN2O2. The summed E-state index contributed by atoms with van der Waals surface area (Å²) < 4.78 is 19.8. The van der Waals surface area contributed by atoms with Crippen molar-refractivity contribution < 1.29 is 13.9 Å². The van der Waals surface area contributed by atoms with E-state index in [9.17, 15) is 9.18 Å². The number of hydrogen-bond donors (Lipinski definition) is 1. The first-order chi connectivity index (χ1) is 11.0. The van der Waals surface area contributed by atoms with Crippen LogP contribution in [0.5, 0.6) is 5.75 Å². The predicted molar refractivity (Wildman–Crippen MR) is 90.2 cm³/mol. The Morgan fingerprint density at radius 1 is 1.35 bits per heavy atom. The molecule has 1 aromatic carbocycles. The molecule has 2 rings (SSSR count). The highest BCUT2D eigenvalue weighted by Gasteiger charge is 2.16. The zero-order chi connectivity index (χ0) is 16.7. The molecule has 0 saturated heterocycles. The molecule has 0 aliphatic heterocycles. The van der Waals surface area contributed by atoms with Crippen LogP contribution in [0.2, 0.25) is 0 Å². The second-order valence-corrected chi connectivity index (χ2v) is 6.18. The predicted octanol–water partition coefficient (Wildman–Crippen LogP) is 3.59. The van der Waals surface area contributed by atoms with Gasteiger partial charge in [0.1, 0.15) is 0 Å². The summed E-state index contributed by atoms with van der Waals surface area (Å²) in [6.45, 7) is 0.677. The van der Waals surface area contributed by atoms with Crippen molar-refractivity contribution in [1.29, 1.82) is 0 Å². The smallest absolute Gasteiger partial charge is 0.248 e. The van der Waals surface area contributed by atoms with Gasteiger partial charge in [-0.2, -0.15) is 0 Å². The Kier molecular flexibility index (Phi) is 6.59. The Morgan fingerprint density at radius 3 is 2.74 bits per heavy atom. The van der Waals surface area contributed by atoms with Crippen LogP contribution < -0.4 is 10.1 Å². The Labute approximate surface area is 137 Å². The second-order valence-electron chi connectivity index (χ2n) is 6.18. The van der Waals surface area contributed by atoms with E-state index in [0.29, 0.717) is 12.2 Å². The molecule has 4 nitrogen and oxygen atoms in total. The minimum atomic E-state index is -0.439. The Bertz CT molecular complexity index is 552. The highest BCUT2D eigenvalue weighted by atomic mass is 19.1. The van der Waals surface area contributed by atoms with E-state index in [1.165, 1.54) is 18.6 Å². The van der Waals surface area contributed by atoms with E-state index in [4.69, 9.17) is 4.74 Å². The lowest BCUT2D eigenvalue weighted by Gasteiger charge is -2.23. The number of anilines is 1. The van der Waals surface area contributed by atoms with Crippen molar-refractivity contribution in [2.75, 3.05) is 26.0 Å². The van der Waals surface area contributed by atoms with Gasteiger partial charge in [-0.15, -0.1) is 0 Å². The fourth-order valence-corrected chi connectivity index (χ4v) is 2.59. The minimum Gasteiger partial charge on any atom is -0.487 e. The van der Waals surface area contributed by atoms with Crippen LogP contribution in [0.4, 0.5) is 10.1 Å². The molecule has 1 fully saturated rings. The molecule has 0 radical (unpaired) electrons. The average molecular weight is 320 g/mol. The summed E-state index contributed by atoms with van der Waals surface area (Å²) in [7, 11) is 3.84. The van der Waals surface area contributed by atoms with Crippen LogP contribution in [0.3, 0.4) is 0 Å². The molecule has 1 aromatic rings. The van der Waals surface area contributed by atoms with Crippen molar-refractivity contribution in [1.82, 2.24) is 4.90 Å². The van der Waals surface area contributed by atoms with E-state index in [-0.39, 0.29) is 17.8 Å². The van der Waals surface area contributed by atoms with Gasteiger partial charge >= 0.3 is 0 Å². The fourth-order valence-electron chi connectivity index (χ4n) is 2.59. The van der Waals surface area contributed by atoms with E-state index in [1.807, 2.05) is 19.0 Å². The zero-order valence-corrected chi connectivity index (χ0v) is 13.8. The Hall–Kier alpha value is -1.88. The lowest BCUT2D eigenvalue weighted by atomic mass is 9.98. The molecule has 1 N–H and O–H groups in total. The third-order valence-corrected chi connectivity index (χ3v) is 3.79. The number of likely N-dealkylation sites (N-methyl/N-ethyl adjacent to an activating group) is 1. The number of rotatable bonds is 6. The molecule has 1 aliphatic rings. The van der Waals surface area contributed by atoms with Gasteiger partial charge in [-0.3, -0.25) is 4.79 Å². The van der Waals surface area contributed by atoms with Gasteiger partial charge in [0.05, 0.1) is 6.10 Å². The second kappa shape index (κ2) is 8.67. The fraction of sp³-hybridized carbons (Fsp3) is 0.500. The van der Waals surface area contributed by atoms with Crippen molar-refractivity contribution in [2.45, 2.75) is 38.2 Å². The van der Waals surface area contributed by atoms with Gasteiger partial charge < -0.3 is 15.0 Å². The molecule has 0 unspecified atom stereocenters. The van der Waals surface area contributed by atoms with Crippen LogP contribution in [-0.2, 0) is 4.79 Å². The minimum absolute atomic E-state index is 0.104. The molecule has 5 heteroatoms. The van der Waals surface area contributed by atoms with Gasteiger partial charge in [0.2, 0.25) is 5.91 Å². The number of hydrogen-bond acceptors (Lipinski definition) is 3. The zero-order valence-electron chi connectivity index (χ0n) is 13.8. The highest BCUT2D eigenvalue weighted by molar-refractivity contribution is 5.99. The molecule has 1 aliphatic carbocycles. The van der Waals surface area contributed by atoms with Gasteiger partial charge in [-0.25, -0.2) is 4.39 Å². The van der Waals surface area contributed by atoms with Crippen LogP contribution >= 0.6 is 0 Å². The quantitative estimate of drug-likeness (QED) is 0.814. The van der Waals surface area contributed by atoms with Crippen LogP contribution in [0.15, 0.2) is 30.4 Å². The van der Waals surface area contributed by atoms with Crippen molar-refractivity contribution in [2.24, 2.45) is 0 Å². The third kappa shape index (κ3) is 6.02. The largest absolute Gasteiger partial charge is 0.487 e. The molecule has 0 spiro atoms. The SMILES string of the molecule is CN(C)C/C=C/C(=O)Nc1ccc(OC2CCCCC2)c(F)c1. The summed E-state index contributed by atoms with van der Waals surface area (Å²) in [5.74, 6) is -0.448. The number of amides is 1. The molecule has 126 valence electrons. The van der Waals surface area contributed by atoms with Gasteiger partial charge in [0.15, 0.2) is 11.6 Å². The average Bonchev–Trinajstić information content (AvgIpc) is 2.50. The maximum absolute atomic E-state index is 14.1. The van der Waals surface area contributed by atoms with Crippen LogP contribution in [0, 0.1) is 5.82 Å². The number of halogens is 1. The number of ether oxygens (including phenoxy) is 1. The summed E-state index contributed by atoms with van der Waals surface area (Å²) in [6, 6.07) is 4.55. The summed E-state index contributed by atoms with van der Waals surface area (Å²) in [6.07, 6.45) is 8.78. The number of carbonyl (C=O) groups is 1. The topological polar surface area (TPSA) is 41.6 Å². The van der Waals surface area contributed by atoms with Gasteiger partial charge in [0.25, 0.3) is 0 Å². The lowest BCUT2D eigenvalue weighted by Crippen LogP contribution is -2.20. The van der Waals surface area contributed by atoms with Crippen LogP contribution in [0.25, 0.3) is 0 Å². The van der Waals surface area contributed by atoms with Crippen LogP contribution in [-0.4, -0.2) is 37.6 Å². The standard InChI is InChI=1S/C18H25FN2O2/c1-21(2)12-6-9-18(22)20-14-10-11-17(16(19)13-14)23-15-7-4-3-5-8-15/h6,9-11,13,15H,3-5,7-8,12H2,1-2H3,(H,20,22)/b9-6+. The Morgan fingerprint density at radius 2 is 2.09 bits per heavy atom. The third-order valence-electron chi connectivity index (χ3n) is 3.79. The van der Waals surface area contributed by atoms with E-state index in [2.05, 4.69) is 5.32 Å².